The monoisotopic (exact) mass is 288 g/mol. The number of halogens is 1. The van der Waals surface area contributed by atoms with E-state index in [9.17, 15) is 5.11 Å². The topological polar surface area (TPSA) is 29.5 Å². The predicted octanol–water partition coefficient (Wildman–Crippen LogP) is 4.14. The maximum absolute atomic E-state index is 10.6. The average molecular weight is 289 g/mol. The molecule has 2 nitrogen and oxygen atoms in total. The van der Waals surface area contributed by atoms with Crippen molar-refractivity contribution in [2.75, 3.05) is 0 Å². The maximum Gasteiger partial charge on any atom is 0.129 e. The Morgan fingerprint density at radius 2 is 1.80 bits per heavy atom. The normalized spacial score (nSPS) is 17.4. The summed E-state index contributed by atoms with van der Waals surface area (Å²) in [6.07, 6.45) is 0.0818. The van der Waals surface area contributed by atoms with Gasteiger partial charge >= 0.3 is 0 Å². The van der Waals surface area contributed by atoms with Crippen molar-refractivity contribution in [2.24, 2.45) is 0 Å². The number of ether oxygens (including phenoxy) is 1. The lowest BCUT2D eigenvalue weighted by Gasteiger charge is -2.20. The van der Waals surface area contributed by atoms with Gasteiger partial charge in [0.2, 0.25) is 0 Å². The average Bonchev–Trinajstić information content (AvgIpc) is 2.72. The molecule has 0 radical (unpaired) electrons. The van der Waals surface area contributed by atoms with Gasteiger partial charge in [0.1, 0.15) is 17.5 Å². The van der Waals surface area contributed by atoms with Crippen LogP contribution < -0.4 is 4.74 Å². The first-order chi connectivity index (χ1) is 9.48. The molecule has 2 aromatic rings. The van der Waals surface area contributed by atoms with E-state index in [1.165, 1.54) is 0 Å². The van der Waals surface area contributed by atoms with Gasteiger partial charge in [-0.05, 0) is 25.5 Å². The molecule has 1 unspecified atom stereocenters. The molecule has 1 aliphatic rings. The zero-order chi connectivity index (χ0) is 14.3. The summed E-state index contributed by atoms with van der Waals surface area (Å²) in [5, 5.41) is 11.2. The minimum atomic E-state index is -0.771. The van der Waals surface area contributed by atoms with Gasteiger partial charge in [-0.1, -0.05) is 48.0 Å². The van der Waals surface area contributed by atoms with E-state index in [0.29, 0.717) is 10.6 Å². The van der Waals surface area contributed by atoms with Gasteiger partial charge in [0.05, 0.1) is 0 Å². The smallest absolute Gasteiger partial charge is 0.129 e. The van der Waals surface area contributed by atoms with Crippen LogP contribution in [0, 0.1) is 0 Å². The lowest BCUT2D eigenvalue weighted by molar-refractivity contribution is 0.131. The predicted molar refractivity (Wildman–Crippen MR) is 80.4 cm³/mol. The van der Waals surface area contributed by atoms with Crippen LogP contribution in [-0.2, 0) is 6.42 Å². The lowest BCUT2D eigenvalue weighted by Crippen LogP contribution is -2.25. The Hall–Kier alpha value is -1.51. The Kier molecular flexibility index (Phi) is 3.23. The molecule has 0 spiro atoms. The van der Waals surface area contributed by atoms with Gasteiger partial charge in [-0.3, -0.25) is 0 Å². The molecule has 0 aliphatic carbocycles. The number of hydrogen-bond donors (Lipinski definition) is 1. The third-order valence-corrected chi connectivity index (χ3v) is 3.96. The molecule has 3 heteroatoms. The van der Waals surface area contributed by atoms with Crippen molar-refractivity contribution in [3.63, 3.8) is 0 Å². The van der Waals surface area contributed by atoms with Gasteiger partial charge in [0.25, 0.3) is 0 Å². The Morgan fingerprint density at radius 1 is 1.10 bits per heavy atom. The molecule has 1 aliphatic heterocycles. The second-order valence-electron chi connectivity index (χ2n) is 5.80. The highest BCUT2D eigenvalue weighted by Crippen LogP contribution is 2.42. The zero-order valence-corrected chi connectivity index (χ0v) is 12.3. The van der Waals surface area contributed by atoms with Crippen LogP contribution in [0.2, 0.25) is 5.02 Å². The lowest BCUT2D eigenvalue weighted by atomic mass is 9.96. The van der Waals surface area contributed by atoms with Gasteiger partial charge in [-0.25, -0.2) is 0 Å². The van der Waals surface area contributed by atoms with E-state index in [2.05, 4.69) is 13.8 Å². The molecular formula is C17H17ClO2. The van der Waals surface area contributed by atoms with Crippen LogP contribution in [0.1, 0.15) is 36.6 Å². The minimum absolute atomic E-state index is 0.224. The number of aliphatic hydroxyl groups excluding tert-OH is 1. The van der Waals surface area contributed by atoms with Crippen LogP contribution in [0.25, 0.3) is 0 Å². The van der Waals surface area contributed by atoms with Crippen LogP contribution in [0.15, 0.2) is 42.5 Å². The van der Waals surface area contributed by atoms with E-state index < -0.39 is 6.10 Å². The van der Waals surface area contributed by atoms with Crippen molar-refractivity contribution in [1.29, 1.82) is 0 Å². The molecule has 1 heterocycles. The van der Waals surface area contributed by atoms with Crippen molar-refractivity contribution < 1.29 is 9.84 Å². The second kappa shape index (κ2) is 4.80. The highest BCUT2D eigenvalue weighted by atomic mass is 35.5. The fourth-order valence-corrected chi connectivity index (χ4v) is 2.96. The summed E-state index contributed by atoms with van der Waals surface area (Å²) in [6, 6.07) is 13.3. The van der Waals surface area contributed by atoms with Gasteiger partial charge in [0.15, 0.2) is 0 Å². The maximum atomic E-state index is 10.6. The standard InChI is InChI=1S/C17H17ClO2/c1-17(2)10-11-6-5-8-13(16(11)20-17)15(19)12-7-3-4-9-14(12)18/h3-9,15,19H,10H2,1-2H3. The second-order valence-corrected chi connectivity index (χ2v) is 6.21. The molecule has 1 atom stereocenters. The molecule has 0 amide bonds. The fourth-order valence-electron chi connectivity index (χ4n) is 2.72. The Balaban J connectivity index is 2.05. The summed E-state index contributed by atoms with van der Waals surface area (Å²) in [5.41, 5.74) is 2.40. The molecule has 3 rings (SSSR count). The van der Waals surface area contributed by atoms with Gasteiger partial charge in [0, 0.05) is 22.6 Å². The quantitative estimate of drug-likeness (QED) is 0.900. The molecule has 1 N–H and O–H groups in total. The van der Waals surface area contributed by atoms with E-state index >= 15 is 0 Å². The van der Waals surface area contributed by atoms with E-state index in [-0.39, 0.29) is 5.60 Å². The molecular weight excluding hydrogens is 272 g/mol. The van der Waals surface area contributed by atoms with Crippen molar-refractivity contribution >= 4 is 11.6 Å². The van der Waals surface area contributed by atoms with Crippen molar-refractivity contribution in [1.82, 2.24) is 0 Å². The molecule has 0 saturated carbocycles. The fraction of sp³-hybridized carbons (Fsp3) is 0.294. The summed E-state index contributed by atoms with van der Waals surface area (Å²) in [6.45, 7) is 4.11. The van der Waals surface area contributed by atoms with Gasteiger partial charge < -0.3 is 9.84 Å². The third kappa shape index (κ3) is 2.30. The summed E-state index contributed by atoms with van der Waals surface area (Å²) in [7, 11) is 0. The zero-order valence-electron chi connectivity index (χ0n) is 11.6. The Labute approximate surface area is 124 Å². The van der Waals surface area contributed by atoms with Crippen LogP contribution >= 0.6 is 11.6 Å². The molecule has 0 fully saturated rings. The van der Waals surface area contributed by atoms with Crippen LogP contribution in [0.3, 0.4) is 0 Å². The highest BCUT2D eigenvalue weighted by Gasteiger charge is 2.33. The molecule has 0 bridgehead atoms. The van der Waals surface area contributed by atoms with E-state index in [1.807, 2.05) is 36.4 Å². The molecule has 20 heavy (non-hydrogen) atoms. The highest BCUT2D eigenvalue weighted by molar-refractivity contribution is 6.31. The van der Waals surface area contributed by atoms with Gasteiger partial charge in [-0.15, -0.1) is 0 Å². The first-order valence-electron chi connectivity index (χ1n) is 6.71. The molecule has 104 valence electrons. The SMILES string of the molecule is CC1(C)Cc2cccc(C(O)c3ccccc3Cl)c2O1. The molecule has 0 saturated heterocycles. The number of fused-ring (bicyclic) bond motifs is 1. The number of hydrogen-bond acceptors (Lipinski definition) is 2. The van der Waals surface area contributed by atoms with Crippen LogP contribution in [-0.4, -0.2) is 10.7 Å². The molecule has 2 aromatic carbocycles. The third-order valence-electron chi connectivity index (χ3n) is 3.62. The summed E-state index contributed by atoms with van der Waals surface area (Å²) >= 11 is 6.18. The number of para-hydroxylation sites is 1. The number of rotatable bonds is 2. The summed E-state index contributed by atoms with van der Waals surface area (Å²) in [4.78, 5) is 0. The van der Waals surface area contributed by atoms with E-state index in [1.54, 1.807) is 6.07 Å². The number of benzene rings is 2. The Bertz CT molecular complexity index is 649. The van der Waals surface area contributed by atoms with Crippen molar-refractivity contribution in [2.45, 2.75) is 32.0 Å². The first-order valence-corrected chi connectivity index (χ1v) is 7.09. The largest absolute Gasteiger partial charge is 0.487 e. The van der Waals surface area contributed by atoms with Gasteiger partial charge in [-0.2, -0.15) is 0 Å². The minimum Gasteiger partial charge on any atom is -0.487 e. The van der Waals surface area contributed by atoms with Crippen LogP contribution in [0.4, 0.5) is 0 Å². The van der Waals surface area contributed by atoms with Crippen molar-refractivity contribution in [3.8, 4) is 5.75 Å². The van der Waals surface area contributed by atoms with E-state index in [0.717, 1.165) is 23.3 Å². The molecule has 0 aromatic heterocycles. The van der Waals surface area contributed by atoms with Crippen molar-refractivity contribution in [3.05, 3.63) is 64.2 Å². The summed E-state index contributed by atoms with van der Waals surface area (Å²) < 4.78 is 6.00. The Morgan fingerprint density at radius 3 is 2.55 bits per heavy atom. The number of aliphatic hydroxyl groups is 1. The van der Waals surface area contributed by atoms with Crippen LogP contribution in [0.5, 0.6) is 5.75 Å². The summed E-state index contributed by atoms with van der Waals surface area (Å²) in [5.74, 6) is 0.796. The van der Waals surface area contributed by atoms with E-state index in [4.69, 9.17) is 16.3 Å². The first kappa shape index (κ1) is 13.5.